The number of amides is 2. The fraction of sp³-hybridized carbons (Fsp3) is 0.286. The number of benzene rings is 3. The first kappa shape index (κ1) is 29.5. The van der Waals surface area contributed by atoms with E-state index in [1.165, 1.54) is 35.2 Å². The summed E-state index contributed by atoms with van der Waals surface area (Å²) in [5.41, 5.74) is 1.17. The molecule has 0 spiro atoms. The van der Waals surface area contributed by atoms with Crippen LogP contribution in [0.25, 0.3) is 0 Å². The third-order valence-corrected chi connectivity index (χ3v) is 8.53. The highest BCUT2D eigenvalue weighted by Crippen LogP contribution is 2.30. The summed E-state index contributed by atoms with van der Waals surface area (Å²) >= 11 is 12.3. The van der Waals surface area contributed by atoms with Crippen molar-refractivity contribution in [3.63, 3.8) is 0 Å². The Kier molecular flexibility index (Phi) is 10.6. The summed E-state index contributed by atoms with van der Waals surface area (Å²) in [5, 5.41) is 3.23. The van der Waals surface area contributed by atoms with E-state index in [1.54, 1.807) is 25.1 Å². The highest BCUT2D eigenvalue weighted by atomic mass is 35.5. The molecule has 0 saturated carbocycles. The molecule has 0 radical (unpaired) electrons. The minimum Gasteiger partial charge on any atom is -0.354 e. The Hall–Kier alpha value is -3.07. The monoisotopic (exact) mass is 575 g/mol. The zero-order valence-corrected chi connectivity index (χ0v) is 23.6. The molecule has 2 amide bonds. The van der Waals surface area contributed by atoms with Crippen molar-refractivity contribution < 1.29 is 18.0 Å². The number of nitrogens with one attached hydrogen (secondary N) is 1. The van der Waals surface area contributed by atoms with E-state index >= 15 is 0 Å². The molecule has 1 unspecified atom stereocenters. The molecule has 3 aromatic carbocycles. The van der Waals surface area contributed by atoms with Gasteiger partial charge in [-0.2, -0.15) is 0 Å². The second kappa shape index (κ2) is 13.6. The van der Waals surface area contributed by atoms with Crippen molar-refractivity contribution in [1.82, 2.24) is 10.2 Å². The Morgan fingerprint density at radius 3 is 2.16 bits per heavy atom. The predicted molar refractivity (Wildman–Crippen MR) is 152 cm³/mol. The number of carbonyl (C=O) groups is 2. The van der Waals surface area contributed by atoms with Crippen LogP contribution in [0.4, 0.5) is 5.69 Å². The summed E-state index contributed by atoms with van der Waals surface area (Å²) in [6.45, 7) is 3.75. The van der Waals surface area contributed by atoms with E-state index in [9.17, 15) is 18.0 Å². The molecule has 0 fully saturated rings. The van der Waals surface area contributed by atoms with Crippen molar-refractivity contribution in [3.05, 3.63) is 94.5 Å². The largest absolute Gasteiger partial charge is 0.354 e. The fourth-order valence-electron chi connectivity index (χ4n) is 3.85. The summed E-state index contributed by atoms with van der Waals surface area (Å²) in [4.78, 5) is 28.1. The third-order valence-electron chi connectivity index (χ3n) is 6.00. The lowest BCUT2D eigenvalue weighted by atomic mass is 10.1. The number of rotatable bonds is 12. The molecule has 202 valence electrons. The first-order valence-electron chi connectivity index (χ1n) is 12.3. The molecule has 0 bridgehead atoms. The van der Waals surface area contributed by atoms with E-state index < -0.39 is 28.5 Å². The van der Waals surface area contributed by atoms with Gasteiger partial charge in [-0.15, -0.1) is 0 Å². The molecule has 3 aromatic rings. The van der Waals surface area contributed by atoms with Gasteiger partial charge >= 0.3 is 0 Å². The topological polar surface area (TPSA) is 86.8 Å². The van der Waals surface area contributed by atoms with Crippen LogP contribution in [0.2, 0.25) is 10.0 Å². The van der Waals surface area contributed by atoms with Crippen molar-refractivity contribution in [2.45, 2.75) is 37.6 Å². The van der Waals surface area contributed by atoms with Gasteiger partial charge < -0.3 is 10.2 Å². The maximum absolute atomic E-state index is 13.8. The molecule has 0 heterocycles. The lowest BCUT2D eigenvalue weighted by Gasteiger charge is -2.32. The minimum atomic E-state index is -4.16. The summed E-state index contributed by atoms with van der Waals surface area (Å²) in [5.74, 6) is -0.828. The molecule has 7 nitrogen and oxygen atoms in total. The van der Waals surface area contributed by atoms with Gasteiger partial charge in [-0.1, -0.05) is 78.7 Å². The number of nitrogens with zero attached hydrogens (tertiary/aromatic N) is 2. The standard InChI is InChI=1S/C28H31Cl2N3O4S/c1-3-17-31-28(35)21(2)32(18-16-22-10-6-4-7-11-22)27(34)20-33(23-14-15-25(29)26(30)19-23)38(36,37)24-12-8-5-9-13-24/h4-15,19,21H,3,16-18,20H2,1-2H3,(H,31,35). The van der Waals surface area contributed by atoms with E-state index in [1.807, 2.05) is 37.3 Å². The normalized spacial score (nSPS) is 12.0. The second-order valence-electron chi connectivity index (χ2n) is 8.71. The van der Waals surface area contributed by atoms with Crippen LogP contribution in [-0.4, -0.2) is 50.8 Å². The maximum atomic E-state index is 13.8. The third kappa shape index (κ3) is 7.49. The Morgan fingerprint density at radius 2 is 1.55 bits per heavy atom. The van der Waals surface area contributed by atoms with E-state index in [4.69, 9.17) is 23.2 Å². The summed E-state index contributed by atoms with van der Waals surface area (Å²) in [6.07, 6.45) is 1.24. The molecule has 0 aliphatic rings. The van der Waals surface area contributed by atoms with Gasteiger partial charge in [0.1, 0.15) is 12.6 Å². The molecule has 38 heavy (non-hydrogen) atoms. The second-order valence-corrected chi connectivity index (χ2v) is 11.4. The first-order valence-corrected chi connectivity index (χ1v) is 14.5. The zero-order chi connectivity index (χ0) is 27.7. The summed E-state index contributed by atoms with van der Waals surface area (Å²) < 4.78 is 28.4. The SMILES string of the molecule is CCCNC(=O)C(C)N(CCc1ccccc1)C(=O)CN(c1ccc(Cl)c(Cl)c1)S(=O)(=O)c1ccccc1. The van der Waals surface area contributed by atoms with E-state index in [0.717, 1.165) is 16.3 Å². The summed E-state index contributed by atoms with van der Waals surface area (Å²) in [7, 11) is -4.16. The molecular weight excluding hydrogens is 545 g/mol. The molecule has 0 aromatic heterocycles. The lowest BCUT2D eigenvalue weighted by molar-refractivity contribution is -0.138. The van der Waals surface area contributed by atoms with Crippen LogP contribution < -0.4 is 9.62 Å². The Balaban J connectivity index is 1.97. The van der Waals surface area contributed by atoms with Gasteiger partial charge in [0, 0.05) is 13.1 Å². The maximum Gasteiger partial charge on any atom is 0.264 e. The van der Waals surface area contributed by atoms with E-state index in [-0.39, 0.29) is 33.1 Å². The van der Waals surface area contributed by atoms with Gasteiger partial charge in [-0.05, 0) is 55.7 Å². The smallest absolute Gasteiger partial charge is 0.264 e. The van der Waals surface area contributed by atoms with Gasteiger partial charge in [0.25, 0.3) is 10.0 Å². The molecule has 0 aliphatic heterocycles. The minimum absolute atomic E-state index is 0.0171. The van der Waals surface area contributed by atoms with Gasteiger partial charge in [0.2, 0.25) is 11.8 Å². The average molecular weight is 577 g/mol. The molecule has 1 N–H and O–H groups in total. The predicted octanol–water partition coefficient (Wildman–Crippen LogP) is 5.17. The van der Waals surface area contributed by atoms with Gasteiger partial charge in [-0.3, -0.25) is 13.9 Å². The van der Waals surface area contributed by atoms with E-state index in [0.29, 0.717) is 13.0 Å². The molecular formula is C28H31Cl2N3O4S. The van der Waals surface area contributed by atoms with Gasteiger partial charge in [-0.25, -0.2) is 8.42 Å². The van der Waals surface area contributed by atoms with Crippen molar-refractivity contribution in [2.24, 2.45) is 0 Å². The summed E-state index contributed by atoms with van der Waals surface area (Å²) in [6, 6.07) is 21.0. The highest BCUT2D eigenvalue weighted by molar-refractivity contribution is 7.92. The van der Waals surface area contributed by atoms with Crippen LogP contribution in [0.5, 0.6) is 0 Å². The molecule has 1 atom stereocenters. The molecule has 0 saturated heterocycles. The number of sulfonamides is 1. The lowest BCUT2D eigenvalue weighted by Crippen LogP contribution is -2.52. The number of hydrogen-bond donors (Lipinski definition) is 1. The zero-order valence-electron chi connectivity index (χ0n) is 21.3. The van der Waals surface area contributed by atoms with Crippen LogP contribution >= 0.6 is 23.2 Å². The molecule has 0 aliphatic carbocycles. The average Bonchev–Trinajstić information content (AvgIpc) is 2.92. The van der Waals surface area contributed by atoms with Gasteiger partial charge in [0.05, 0.1) is 20.6 Å². The van der Waals surface area contributed by atoms with Crippen LogP contribution in [0.3, 0.4) is 0 Å². The van der Waals surface area contributed by atoms with E-state index in [2.05, 4.69) is 5.32 Å². The van der Waals surface area contributed by atoms with Crippen molar-refractivity contribution in [1.29, 1.82) is 0 Å². The number of carbonyl (C=O) groups excluding carboxylic acids is 2. The van der Waals surface area contributed by atoms with Crippen molar-refractivity contribution >= 4 is 50.7 Å². The molecule has 3 rings (SSSR count). The first-order chi connectivity index (χ1) is 18.1. The highest BCUT2D eigenvalue weighted by Gasteiger charge is 2.32. The van der Waals surface area contributed by atoms with Crippen LogP contribution in [0.15, 0.2) is 83.8 Å². The van der Waals surface area contributed by atoms with Crippen molar-refractivity contribution in [2.75, 3.05) is 23.9 Å². The van der Waals surface area contributed by atoms with Crippen molar-refractivity contribution in [3.8, 4) is 0 Å². The number of halogens is 2. The number of anilines is 1. The fourth-order valence-corrected chi connectivity index (χ4v) is 5.57. The van der Waals surface area contributed by atoms with Crippen LogP contribution in [-0.2, 0) is 26.0 Å². The van der Waals surface area contributed by atoms with Gasteiger partial charge in [0.15, 0.2) is 0 Å². The van der Waals surface area contributed by atoms with Crippen LogP contribution in [0, 0.1) is 0 Å². The Labute approximate surface area is 234 Å². The Bertz CT molecular complexity index is 1340. The quantitative estimate of drug-likeness (QED) is 0.322. The molecule has 10 heteroatoms. The Morgan fingerprint density at radius 1 is 0.921 bits per heavy atom. The number of hydrogen-bond acceptors (Lipinski definition) is 4. The van der Waals surface area contributed by atoms with Crippen LogP contribution in [0.1, 0.15) is 25.8 Å².